The first-order chi connectivity index (χ1) is 11.3. The number of carbonyl (C=O) groups excluding carboxylic acids is 1. The van der Waals surface area contributed by atoms with Gasteiger partial charge in [0.1, 0.15) is 0 Å². The summed E-state index contributed by atoms with van der Waals surface area (Å²) in [5.41, 5.74) is 0.567. The van der Waals surface area contributed by atoms with Crippen LogP contribution in [0.3, 0.4) is 0 Å². The monoisotopic (exact) mass is 333 g/mol. The number of ether oxygens (including phenoxy) is 1. The molecule has 1 amide bonds. The minimum atomic E-state index is -0.207. The Hall–Kier alpha value is -0.570. The summed E-state index contributed by atoms with van der Waals surface area (Å²) in [6.07, 6.45) is 9.88. The van der Waals surface area contributed by atoms with Crippen molar-refractivity contribution in [2.75, 3.05) is 14.2 Å². The van der Waals surface area contributed by atoms with Gasteiger partial charge in [-0.1, -0.05) is 20.3 Å². The van der Waals surface area contributed by atoms with Crippen molar-refractivity contribution in [1.29, 1.82) is 0 Å². The van der Waals surface area contributed by atoms with Crippen LogP contribution in [0.4, 0.5) is 0 Å². The molecule has 0 spiro atoms. The highest BCUT2D eigenvalue weighted by molar-refractivity contribution is 5.77. The normalized spacial score (nSPS) is 54.2. The van der Waals surface area contributed by atoms with Crippen LogP contribution in [-0.2, 0) is 9.53 Å². The van der Waals surface area contributed by atoms with Gasteiger partial charge in [-0.3, -0.25) is 4.79 Å². The van der Waals surface area contributed by atoms with E-state index in [2.05, 4.69) is 20.8 Å². The van der Waals surface area contributed by atoms with E-state index in [1.165, 1.54) is 32.1 Å². The third-order valence-corrected chi connectivity index (χ3v) is 9.03. The molecule has 3 nitrogen and oxygen atoms in total. The topological polar surface area (TPSA) is 29.5 Å². The van der Waals surface area contributed by atoms with Crippen molar-refractivity contribution in [2.24, 2.45) is 28.6 Å². The highest BCUT2D eigenvalue weighted by Crippen LogP contribution is 2.66. The molecule has 0 radical (unpaired) electrons. The second kappa shape index (κ2) is 5.22. The summed E-state index contributed by atoms with van der Waals surface area (Å²) in [5, 5.41) is 0. The van der Waals surface area contributed by atoms with E-state index < -0.39 is 0 Å². The van der Waals surface area contributed by atoms with Crippen LogP contribution in [0.15, 0.2) is 0 Å². The van der Waals surface area contributed by atoms with Gasteiger partial charge in [0, 0.05) is 20.6 Å². The van der Waals surface area contributed by atoms with Gasteiger partial charge >= 0.3 is 0 Å². The third-order valence-electron chi connectivity index (χ3n) is 9.03. The zero-order valence-corrected chi connectivity index (χ0v) is 16.2. The molecule has 0 aromatic heterocycles. The molecule has 3 heteroatoms. The standard InChI is InChI=1S/C21H35NO2/c1-19-10-6-7-15(19)14-13-21(3,24-5)18-20(2,16(14)8-11-19)12-9-17(23)22(18)4/h14-16,18H,6-13H2,1-5H3/t14-,15-,16+,18?,19-,20+,21?/m0/s1. The Bertz CT molecular complexity index is 548. The summed E-state index contributed by atoms with van der Waals surface area (Å²) < 4.78 is 6.17. The Morgan fingerprint density at radius 1 is 1.08 bits per heavy atom. The first-order valence-electron chi connectivity index (χ1n) is 10.1. The molecule has 3 saturated carbocycles. The van der Waals surface area contributed by atoms with Crippen molar-refractivity contribution in [2.45, 2.75) is 83.8 Å². The van der Waals surface area contributed by atoms with Crippen LogP contribution in [-0.4, -0.2) is 36.6 Å². The predicted octanol–water partition coefficient (Wildman–Crippen LogP) is 4.25. The van der Waals surface area contributed by atoms with Gasteiger partial charge in [-0.05, 0) is 74.0 Å². The van der Waals surface area contributed by atoms with Crippen molar-refractivity contribution >= 4 is 5.91 Å². The van der Waals surface area contributed by atoms with Gasteiger partial charge in [0.2, 0.25) is 5.91 Å². The molecule has 4 rings (SSSR count). The molecule has 4 aliphatic rings. The van der Waals surface area contributed by atoms with Gasteiger partial charge in [-0.2, -0.15) is 0 Å². The number of amides is 1. The van der Waals surface area contributed by atoms with Crippen molar-refractivity contribution in [3.63, 3.8) is 0 Å². The third kappa shape index (κ3) is 2.03. The summed E-state index contributed by atoms with van der Waals surface area (Å²) >= 11 is 0. The lowest BCUT2D eigenvalue weighted by atomic mass is 9.45. The van der Waals surface area contributed by atoms with Crippen molar-refractivity contribution in [1.82, 2.24) is 4.90 Å². The quantitative estimate of drug-likeness (QED) is 0.718. The molecule has 0 bridgehead atoms. The van der Waals surface area contributed by atoms with Gasteiger partial charge in [-0.15, -0.1) is 0 Å². The van der Waals surface area contributed by atoms with Crippen LogP contribution >= 0.6 is 0 Å². The molecule has 7 atom stereocenters. The molecule has 24 heavy (non-hydrogen) atoms. The number of piperidine rings is 1. The Morgan fingerprint density at radius 3 is 2.54 bits per heavy atom. The van der Waals surface area contributed by atoms with E-state index in [0.29, 0.717) is 17.7 Å². The van der Waals surface area contributed by atoms with Crippen LogP contribution in [0.25, 0.3) is 0 Å². The van der Waals surface area contributed by atoms with Crippen LogP contribution in [0, 0.1) is 28.6 Å². The summed E-state index contributed by atoms with van der Waals surface area (Å²) in [5.74, 6) is 2.71. The number of fused-ring (bicyclic) bond motifs is 5. The lowest BCUT2D eigenvalue weighted by Gasteiger charge is -2.66. The smallest absolute Gasteiger partial charge is 0.222 e. The highest BCUT2D eigenvalue weighted by Gasteiger charge is 2.65. The molecule has 0 aromatic rings. The van der Waals surface area contributed by atoms with E-state index in [0.717, 1.165) is 30.6 Å². The van der Waals surface area contributed by atoms with E-state index in [4.69, 9.17) is 4.74 Å². The van der Waals surface area contributed by atoms with Gasteiger partial charge in [0.15, 0.2) is 0 Å². The summed E-state index contributed by atoms with van der Waals surface area (Å²) in [4.78, 5) is 14.5. The molecule has 4 fully saturated rings. The second-order valence-corrected chi connectivity index (χ2v) is 10.1. The molecule has 3 aliphatic carbocycles. The second-order valence-electron chi connectivity index (χ2n) is 10.1. The summed E-state index contributed by atoms with van der Waals surface area (Å²) in [6.45, 7) is 7.31. The van der Waals surface area contributed by atoms with Crippen LogP contribution in [0.5, 0.6) is 0 Å². The van der Waals surface area contributed by atoms with Gasteiger partial charge < -0.3 is 9.64 Å². The molecule has 0 N–H and O–H groups in total. The SMILES string of the molecule is COC1(C)C[C@@H]2[C@@H](CC[C@]3(C)CCC[C@@H]23)[C@@]2(C)CCC(=O)N(C)C12. The fourth-order valence-electron chi connectivity index (χ4n) is 7.93. The minimum Gasteiger partial charge on any atom is -0.376 e. The van der Waals surface area contributed by atoms with Crippen molar-refractivity contribution < 1.29 is 9.53 Å². The van der Waals surface area contributed by atoms with E-state index >= 15 is 0 Å². The minimum absolute atomic E-state index is 0.207. The number of rotatable bonds is 1. The largest absolute Gasteiger partial charge is 0.376 e. The maximum absolute atomic E-state index is 12.5. The Morgan fingerprint density at radius 2 is 1.83 bits per heavy atom. The fourth-order valence-corrected chi connectivity index (χ4v) is 7.93. The molecule has 1 saturated heterocycles. The first-order valence-corrected chi connectivity index (χ1v) is 10.1. The fraction of sp³-hybridized carbons (Fsp3) is 0.952. The van der Waals surface area contributed by atoms with Crippen LogP contribution < -0.4 is 0 Å². The number of likely N-dealkylation sites (N-methyl/N-ethyl adjacent to an activating group) is 1. The number of methoxy groups -OCH3 is 1. The van der Waals surface area contributed by atoms with E-state index in [1.54, 1.807) is 0 Å². The van der Waals surface area contributed by atoms with E-state index in [1.807, 2.05) is 19.1 Å². The lowest BCUT2D eigenvalue weighted by Crippen LogP contribution is -2.70. The van der Waals surface area contributed by atoms with Crippen molar-refractivity contribution in [3.8, 4) is 0 Å². The molecule has 0 aromatic carbocycles. The molecular formula is C21H35NO2. The van der Waals surface area contributed by atoms with Crippen molar-refractivity contribution in [3.05, 3.63) is 0 Å². The maximum atomic E-state index is 12.5. The Labute approximate surface area is 147 Å². The maximum Gasteiger partial charge on any atom is 0.222 e. The molecule has 2 unspecified atom stereocenters. The zero-order valence-electron chi connectivity index (χ0n) is 16.2. The first kappa shape index (κ1) is 16.9. The van der Waals surface area contributed by atoms with E-state index in [9.17, 15) is 4.79 Å². The lowest BCUT2D eigenvalue weighted by molar-refractivity contribution is -0.214. The summed E-state index contributed by atoms with van der Waals surface area (Å²) in [6, 6.07) is 0.225. The predicted molar refractivity (Wildman–Crippen MR) is 95.6 cm³/mol. The number of hydrogen-bond acceptors (Lipinski definition) is 2. The average Bonchev–Trinajstić information content (AvgIpc) is 2.93. The van der Waals surface area contributed by atoms with E-state index in [-0.39, 0.29) is 17.1 Å². The zero-order chi connectivity index (χ0) is 17.3. The number of carbonyl (C=O) groups is 1. The van der Waals surface area contributed by atoms with Gasteiger partial charge in [0.25, 0.3) is 0 Å². The number of nitrogens with zero attached hydrogens (tertiary/aromatic N) is 1. The number of hydrogen-bond donors (Lipinski definition) is 0. The molecular weight excluding hydrogens is 298 g/mol. The number of likely N-dealkylation sites (tertiary alicyclic amines) is 1. The molecule has 1 heterocycles. The van der Waals surface area contributed by atoms with Crippen LogP contribution in [0.2, 0.25) is 0 Å². The van der Waals surface area contributed by atoms with Gasteiger partial charge in [0.05, 0.1) is 11.6 Å². The molecule has 136 valence electrons. The van der Waals surface area contributed by atoms with Crippen LogP contribution in [0.1, 0.15) is 72.1 Å². The highest BCUT2D eigenvalue weighted by atomic mass is 16.5. The average molecular weight is 334 g/mol. The molecule has 1 aliphatic heterocycles. The summed E-state index contributed by atoms with van der Waals surface area (Å²) in [7, 11) is 3.88. The van der Waals surface area contributed by atoms with Gasteiger partial charge in [-0.25, -0.2) is 0 Å². The Balaban J connectivity index is 1.77. The Kier molecular flexibility index (Phi) is 3.67.